The minimum atomic E-state index is -0.598. The molecule has 0 aliphatic carbocycles. The van der Waals surface area contributed by atoms with Crippen molar-refractivity contribution in [1.82, 2.24) is 0 Å². The maximum atomic E-state index is 13.8. The van der Waals surface area contributed by atoms with Crippen LogP contribution in [0.3, 0.4) is 0 Å². The van der Waals surface area contributed by atoms with Crippen LogP contribution in [0, 0.1) is 5.82 Å². The van der Waals surface area contributed by atoms with Gasteiger partial charge in [0.05, 0.1) is 11.3 Å². The minimum Gasteiger partial charge on any atom is -0.479 e. The van der Waals surface area contributed by atoms with E-state index < -0.39 is 17.8 Å². The van der Waals surface area contributed by atoms with E-state index in [-0.39, 0.29) is 11.5 Å². The third kappa shape index (κ3) is 3.44. The second kappa shape index (κ2) is 7.00. The molecule has 0 fully saturated rings. The summed E-state index contributed by atoms with van der Waals surface area (Å²) in [5.41, 5.74) is 1.75. The molecule has 0 saturated carbocycles. The van der Waals surface area contributed by atoms with E-state index in [2.05, 4.69) is 11.9 Å². The zero-order valence-corrected chi connectivity index (χ0v) is 14.6. The summed E-state index contributed by atoms with van der Waals surface area (Å²) in [7, 11) is 0. The SMILES string of the molecule is C=C(C)CN1C(=O)C(C)Oc2ccc(NC(=O)c3ccccc3F)cc21. The first-order valence-electron chi connectivity index (χ1n) is 8.19. The van der Waals surface area contributed by atoms with E-state index in [1.807, 2.05) is 6.92 Å². The molecule has 1 aliphatic heterocycles. The molecular formula is C20H19FN2O3. The van der Waals surface area contributed by atoms with Crippen molar-refractivity contribution in [2.24, 2.45) is 0 Å². The molecule has 6 heteroatoms. The zero-order valence-electron chi connectivity index (χ0n) is 14.6. The van der Waals surface area contributed by atoms with Crippen molar-refractivity contribution < 1.29 is 18.7 Å². The Morgan fingerprint density at radius 3 is 2.73 bits per heavy atom. The Morgan fingerprint density at radius 2 is 2.04 bits per heavy atom. The van der Waals surface area contributed by atoms with E-state index in [0.29, 0.717) is 23.7 Å². The quantitative estimate of drug-likeness (QED) is 0.851. The first kappa shape index (κ1) is 17.7. The number of fused-ring (bicyclic) bond motifs is 1. The van der Waals surface area contributed by atoms with Crippen molar-refractivity contribution in [2.45, 2.75) is 20.0 Å². The predicted molar refractivity (Wildman–Crippen MR) is 98.1 cm³/mol. The summed E-state index contributed by atoms with van der Waals surface area (Å²) in [5.74, 6) is -0.801. The van der Waals surface area contributed by atoms with E-state index in [1.165, 1.54) is 18.2 Å². The minimum absolute atomic E-state index is 0.0510. The molecule has 0 saturated heterocycles. The van der Waals surface area contributed by atoms with Crippen LogP contribution in [0.5, 0.6) is 5.75 Å². The molecule has 3 rings (SSSR count). The lowest BCUT2D eigenvalue weighted by Gasteiger charge is -2.33. The van der Waals surface area contributed by atoms with E-state index in [9.17, 15) is 14.0 Å². The van der Waals surface area contributed by atoms with Crippen molar-refractivity contribution in [1.29, 1.82) is 0 Å². The summed E-state index contributed by atoms with van der Waals surface area (Å²) >= 11 is 0. The Morgan fingerprint density at radius 1 is 1.31 bits per heavy atom. The van der Waals surface area contributed by atoms with Gasteiger partial charge >= 0.3 is 0 Å². The summed E-state index contributed by atoms with van der Waals surface area (Å²) in [4.78, 5) is 26.3. The highest BCUT2D eigenvalue weighted by atomic mass is 19.1. The molecule has 5 nitrogen and oxygen atoms in total. The lowest BCUT2D eigenvalue weighted by molar-refractivity contribution is -0.125. The van der Waals surface area contributed by atoms with Crippen LogP contribution in [0.15, 0.2) is 54.6 Å². The first-order chi connectivity index (χ1) is 12.4. The number of nitrogens with one attached hydrogen (secondary N) is 1. The molecule has 2 aromatic rings. The maximum Gasteiger partial charge on any atom is 0.268 e. The summed E-state index contributed by atoms with van der Waals surface area (Å²) in [6.07, 6.45) is -0.597. The van der Waals surface area contributed by atoms with Crippen LogP contribution in [0.2, 0.25) is 0 Å². The zero-order chi connectivity index (χ0) is 18.8. The highest BCUT2D eigenvalue weighted by Crippen LogP contribution is 2.36. The van der Waals surface area contributed by atoms with Crippen molar-refractivity contribution >= 4 is 23.2 Å². The van der Waals surface area contributed by atoms with Crippen LogP contribution in [-0.2, 0) is 4.79 Å². The summed E-state index contributed by atoms with van der Waals surface area (Å²) in [5, 5.41) is 2.65. The summed E-state index contributed by atoms with van der Waals surface area (Å²) in [6.45, 7) is 7.72. The van der Waals surface area contributed by atoms with E-state index in [4.69, 9.17) is 4.74 Å². The standard InChI is InChI=1S/C20H19FN2O3/c1-12(2)11-23-17-10-14(8-9-18(17)26-13(3)20(23)25)22-19(24)15-6-4-5-7-16(15)21/h4-10,13H,1,11H2,2-3H3,(H,22,24). The Kier molecular flexibility index (Phi) is 4.75. The van der Waals surface area contributed by atoms with Crippen molar-refractivity contribution in [3.63, 3.8) is 0 Å². The lowest BCUT2D eigenvalue weighted by atomic mass is 10.1. The van der Waals surface area contributed by atoms with Crippen molar-refractivity contribution in [2.75, 3.05) is 16.8 Å². The highest BCUT2D eigenvalue weighted by Gasteiger charge is 2.31. The molecule has 2 aromatic carbocycles. The second-order valence-electron chi connectivity index (χ2n) is 6.26. The molecule has 0 radical (unpaired) electrons. The number of ether oxygens (including phenoxy) is 1. The molecule has 2 amide bonds. The largest absolute Gasteiger partial charge is 0.479 e. The Balaban J connectivity index is 1.91. The number of benzene rings is 2. The van der Waals surface area contributed by atoms with Crippen LogP contribution in [0.1, 0.15) is 24.2 Å². The van der Waals surface area contributed by atoms with Gasteiger partial charge in [-0.2, -0.15) is 0 Å². The molecule has 1 aliphatic rings. The average Bonchev–Trinajstić information content (AvgIpc) is 2.59. The average molecular weight is 354 g/mol. The summed E-state index contributed by atoms with van der Waals surface area (Å²) in [6, 6.07) is 10.7. The molecule has 0 spiro atoms. The van der Waals surface area contributed by atoms with Crippen LogP contribution in [-0.4, -0.2) is 24.5 Å². The number of hydrogen-bond acceptors (Lipinski definition) is 3. The van der Waals surface area contributed by atoms with Crippen LogP contribution in [0.25, 0.3) is 0 Å². The van der Waals surface area contributed by atoms with Gasteiger partial charge < -0.3 is 15.0 Å². The normalized spacial score (nSPS) is 15.9. The number of carbonyl (C=O) groups excluding carboxylic acids is 2. The van der Waals surface area contributed by atoms with Crippen LogP contribution >= 0.6 is 0 Å². The van der Waals surface area contributed by atoms with Gasteiger partial charge in [-0.25, -0.2) is 4.39 Å². The van der Waals surface area contributed by atoms with Gasteiger partial charge in [0.15, 0.2) is 6.10 Å². The Hall–Kier alpha value is -3.15. The number of carbonyl (C=O) groups is 2. The fourth-order valence-corrected chi connectivity index (χ4v) is 2.76. The number of hydrogen-bond donors (Lipinski definition) is 1. The Bertz CT molecular complexity index is 894. The molecule has 1 N–H and O–H groups in total. The molecule has 26 heavy (non-hydrogen) atoms. The van der Waals surface area contributed by atoms with E-state index in [0.717, 1.165) is 5.57 Å². The third-order valence-electron chi connectivity index (χ3n) is 3.97. The molecule has 134 valence electrons. The highest BCUT2D eigenvalue weighted by molar-refractivity contribution is 6.06. The first-order valence-corrected chi connectivity index (χ1v) is 8.19. The number of anilines is 2. The van der Waals surface area contributed by atoms with Gasteiger partial charge in [-0.05, 0) is 44.2 Å². The molecule has 1 atom stereocenters. The van der Waals surface area contributed by atoms with Crippen molar-refractivity contribution in [3.05, 3.63) is 66.0 Å². The molecule has 1 unspecified atom stereocenters. The van der Waals surface area contributed by atoms with Crippen LogP contribution < -0.4 is 15.0 Å². The lowest BCUT2D eigenvalue weighted by Crippen LogP contribution is -2.45. The van der Waals surface area contributed by atoms with Gasteiger partial charge in [-0.15, -0.1) is 0 Å². The van der Waals surface area contributed by atoms with Gasteiger partial charge in [0.25, 0.3) is 11.8 Å². The summed E-state index contributed by atoms with van der Waals surface area (Å²) < 4.78 is 19.4. The number of rotatable bonds is 4. The third-order valence-corrected chi connectivity index (χ3v) is 3.97. The van der Waals surface area contributed by atoms with Gasteiger partial charge in [-0.3, -0.25) is 9.59 Å². The van der Waals surface area contributed by atoms with Gasteiger partial charge in [0.2, 0.25) is 0 Å². The molecule has 1 heterocycles. The predicted octanol–water partition coefficient (Wildman–Crippen LogP) is 3.77. The van der Waals surface area contributed by atoms with Crippen LogP contribution in [0.4, 0.5) is 15.8 Å². The van der Waals surface area contributed by atoms with Crippen molar-refractivity contribution in [3.8, 4) is 5.75 Å². The fourth-order valence-electron chi connectivity index (χ4n) is 2.76. The Labute approximate surface area is 151 Å². The van der Waals surface area contributed by atoms with Gasteiger partial charge in [0.1, 0.15) is 11.6 Å². The number of nitrogens with zero attached hydrogens (tertiary/aromatic N) is 1. The monoisotopic (exact) mass is 354 g/mol. The number of halogens is 1. The second-order valence-corrected chi connectivity index (χ2v) is 6.26. The van der Waals surface area contributed by atoms with Gasteiger partial charge in [-0.1, -0.05) is 24.3 Å². The van der Waals surface area contributed by atoms with E-state index >= 15 is 0 Å². The fraction of sp³-hybridized carbons (Fsp3) is 0.200. The molecule has 0 aromatic heterocycles. The van der Waals surface area contributed by atoms with E-state index in [1.54, 1.807) is 36.1 Å². The molecular weight excluding hydrogens is 335 g/mol. The molecule has 0 bridgehead atoms. The maximum absolute atomic E-state index is 13.8. The number of amides is 2. The topological polar surface area (TPSA) is 58.6 Å². The van der Waals surface area contributed by atoms with Gasteiger partial charge in [0, 0.05) is 12.2 Å². The smallest absolute Gasteiger partial charge is 0.268 e.